The molecule has 0 bridgehead atoms. The van der Waals surface area contributed by atoms with Gasteiger partial charge in [0.25, 0.3) is 0 Å². The molecule has 21 heavy (non-hydrogen) atoms. The molecule has 0 atom stereocenters. The van der Waals surface area contributed by atoms with Crippen molar-refractivity contribution in [1.82, 2.24) is 0 Å². The smallest absolute Gasteiger partial charge is 0.335 e. The summed E-state index contributed by atoms with van der Waals surface area (Å²) in [5, 5.41) is 9.05. The summed E-state index contributed by atoms with van der Waals surface area (Å²) in [7, 11) is 1.50. The maximum absolute atomic E-state index is 11.0. The zero-order valence-corrected chi connectivity index (χ0v) is 12.1. The fourth-order valence-corrected chi connectivity index (χ4v) is 2.12. The molecule has 0 aliphatic heterocycles. The molecule has 0 aliphatic carbocycles. The van der Waals surface area contributed by atoms with E-state index in [0.29, 0.717) is 18.1 Å². The molecule has 4 nitrogen and oxygen atoms in total. The molecule has 0 aromatic heterocycles. The summed E-state index contributed by atoms with van der Waals surface area (Å²) in [6, 6.07) is 13.1. The second-order valence-electron chi connectivity index (χ2n) is 4.71. The van der Waals surface area contributed by atoms with Gasteiger partial charge in [-0.25, -0.2) is 4.79 Å². The Balaban J connectivity index is 2.10. The van der Waals surface area contributed by atoms with E-state index in [0.717, 1.165) is 12.0 Å². The number of methoxy groups -OCH3 is 1. The second-order valence-corrected chi connectivity index (χ2v) is 4.71. The Bertz CT molecular complexity index is 620. The molecule has 2 aromatic carbocycles. The zero-order valence-electron chi connectivity index (χ0n) is 12.1. The minimum absolute atomic E-state index is 0.194. The number of carboxylic acids is 1. The molecule has 2 rings (SSSR count). The van der Waals surface area contributed by atoms with E-state index in [4.69, 9.17) is 14.6 Å². The van der Waals surface area contributed by atoms with Crippen LogP contribution in [-0.4, -0.2) is 24.8 Å². The van der Waals surface area contributed by atoms with E-state index < -0.39 is 5.97 Å². The molecule has 0 fully saturated rings. The Kier molecular flexibility index (Phi) is 4.82. The van der Waals surface area contributed by atoms with Gasteiger partial charge in [0.2, 0.25) is 0 Å². The van der Waals surface area contributed by atoms with E-state index >= 15 is 0 Å². The number of ether oxygens (including phenoxy) is 2. The van der Waals surface area contributed by atoms with Gasteiger partial charge >= 0.3 is 5.97 Å². The predicted octanol–water partition coefficient (Wildman–Crippen LogP) is 3.32. The van der Waals surface area contributed by atoms with Gasteiger partial charge in [0.15, 0.2) is 11.5 Å². The van der Waals surface area contributed by atoms with Crippen molar-refractivity contribution < 1.29 is 19.4 Å². The number of carboxylic acid groups (broad SMARTS) is 1. The van der Waals surface area contributed by atoms with E-state index in [-0.39, 0.29) is 5.56 Å². The standard InChI is InChI=1S/C17H18O4/c1-12-10-14(17(18)19)11-15(20-2)16(12)21-9-8-13-6-4-3-5-7-13/h3-7,10-11H,8-9H2,1-2H3,(H,18,19). The summed E-state index contributed by atoms with van der Waals surface area (Å²) in [6.07, 6.45) is 0.782. The van der Waals surface area contributed by atoms with Gasteiger partial charge in [0, 0.05) is 6.42 Å². The SMILES string of the molecule is COc1cc(C(=O)O)cc(C)c1OCCc1ccccc1. The molecule has 0 saturated carbocycles. The molecule has 0 radical (unpaired) electrons. The highest BCUT2D eigenvalue weighted by molar-refractivity contribution is 5.89. The van der Waals surface area contributed by atoms with Crippen LogP contribution < -0.4 is 9.47 Å². The first-order valence-corrected chi connectivity index (χ1v) is 6.70. The van der Waals surface area contributed by atoms with Crippen LogP contribution in [0.25, 0.3) is 0 Å². The topological polar surface area (TPSA) is 55.8 Å². The molecule has 0 unspecified atom stereocenters. The van der Waals surface area contributed by atoms with Gasteiger partial charge in [0.1, 0.15) is 0 Å². The van der Waals surface area contributed by atoms with E-state index in [1.54, 1.807) is 6.07 Å². The molecule has 110 valence electrons. The number of carbonyl (C=O) groups is 1. The highest BCUT2D eigenvalue weighted by Crippen LogP contribution is 2.32. The van der Waals surface area contributed by atoms with Gasteiger partial charge in [-0.2, -0.15) is 0 Å². The lowest BCUT2D eigenvalue weighted by molar-refractivity contribution is 0.0696. The third kappa shape index (κ3) is 3.75. The Morgan fingerprint density at radius 1 is 1.19 bits per heavy atom. The maximum Gasteiger partial charge on any atom is 0.335 e. The Hall–Kier alpha value is -2.49. The van der Waals surface area contributed by atoms with Crippen molar-refractivity contribution in [1.29, 1.82) is 0 Å². The number of benzene rings is 2. The van der Waals surface area contributed by atoms with Crippen LogP contribution in [0.2, 0.25) is 0 Å². The largest absolute Gasteiger partial charge is 0.493 e. The molecule has 2 aromatic rings. The lowest BCUT2D eigenvalue weighted by Gasteiger charge is -2.14. The summed E-state index contributed by atoms with van der Waals surface area (Å²) < 4.78 is 11.0. The fraction of sp³-hybridized carbons (Fsp3) is 0.235. The van der Waals surface area contributed by atoms with Gasteiger partial charge in [-0.05, 0) is 30.2 Å². The number of hydrogen-bond acceptors (Lipinski definition) is 3. The summed E-state index contributed by atoms with van der Waals surface area (Å²) in [5.41, 5.74) is 2.14. The van der Waals surface area contributed by atoms with Crippen LogP contribution in [0.5, 0.6) is 11.5 Å². The molecule has 0 aliphatic rings. The van der Waals surface area contributed by atoms with Crippen molar-refractivity contribution in [3.63, 3.8) is 0 Å². The maximum atomic E-state index is 11.0. The van der Waals surface area contributed by atoms with E-state index in [1.807, 2.05) is 37.3 Å². The van der Waals surface area contributed by atoms with Crippen molar-refractivity contribution in [2.24, 2.45) is 0 Å². The van der Waals surface area contributed by atoms with E-state index in [9.17, 15) is 4.79 Å². The quantitative estimate of drug-likeness (QED) is 0.885. The molecular formula is C17H18O4. The fourth-order valence-electron chi connectivity index (χ4n) is 2.12. The first-order valence-electron chi connectivity index (χ1n) is 6.70. The monoisotopic (exact) mass is 286 g/mol. The molecule has 0 amide bonds. The van der Waals surface area contributed by atoms with E-state index in [1.165, 1.54) is 18.7 Å². The van der Waals surface area contributed by atoms with Crippen LogP contribution in [0.3, 0.4) is 0 Å². The molecule has 0 heterocycles. The average molecular weight is 286 g/mol. The van der Waals surface area contributed by atoms with Gasteiger partial charge in [-0.15, -0.1) is 0 Å². The number of hydrogen-bond donors (Lipinski definition) is 1. The zero-order chi connectivity index (χ0) is 15.2. The van der Waals surface area contributed by atoms with Crippen LogP contribution in [0.15, 0.2) is 42.5 Å². The lowest BCUT2D eigenvalue weighted by atomic mass is 10.1. The minimum Gasteiger partial charge on any atom is -0.493 e. The van der Waals surface area contributed by atoms with Gasteiger partial charge in [-0.1, -0.05) is 30.3 Å². The first-order chi connectivity index (χ1) is 10.1. The van der Waals surface area contributed by atoms with Crippen molar-refractivity contribution in [2.45, 2.75) is 13.3 Å². The molecule has 0 spiro atoms. The Morgan fingerprint density at radius 2 is 1.90 bits per heavy atom. The van der Waals surface area contributed by atoms with Crippen molar-refractivity contribution >= 4 is 5.97 Å². The molecule has 0 saturated heterocycles. The normalized spacial score (nSPS) is 10.2. The van der Waals surface area contributed by atoms with Crippen LogP contribution in [-0.2, 0) is 6.42 Å². The van der Waals surface area contributed by atoms with Crippen molar-refractivity contribution in [3.8, 4) is 11.5 Å². The predicted molar refractivity (Wildman–Crippen MR) is 80.3 cm³/mol. The Morgan fingerprint density at radius 3 is 2.52 bits per heavy atom. The van der Waals surface area contributed by atoms with Crippen molar-refractivity contribution in [3.05, 3.63) is 59.2 Å². The van der Waals surface area contributed by atoms with Crippen molar-refractivity contribution in [2.75, 3.05) is 13.7 Å². The highest BCUT2D eigenvalue weighted by Gasteiger charge is 2.13. The third-order valence-corrected chi connectivity index (χ3v) is 3.19. The Labute approximate surface area is 123 Å². The number of aromatic carboxylic acids is 1. The van der Waals surface area contributed by atoms with Crippen LogP contribution in [0, 0.1) is 6.92 Å². The van der Waals surface area contributed by atoms with Gasteiger partial charge in [0.05, 0.1) is 19.3 Å². The van der Waals surface area contributed by atoms with Gasteiger partial charge < -0.3 is 14.6 Å². The average Bonchev–Trinajstić information content (AvgIpc) is 2.49. The van der Waals surface area contributed by atoms with Crippen LogP contribution in [0.1, 0.15) is 21.5 Å². The minimum atomic E-state index is -0.979. The molecular weight excluding hydrogens is 268 g/mol. The highest BCUT2D eigenvalue weighted by atomic mass is 16.5. The van der Waals surface area contributed by atoms with Gasteiger partial charge in [-0.3, -0.25) is 0 Å². The number of aryl methyl sites for hydroxylation is 1. The third-order valence-electron chi connectivity index (χ3n) is 3.19. The molecule has 4 heteroatoms. The lowest BCUT2D eigenvalue weighted by Crippen LogP contribution is -2.06. The summed E-state index contributed by atoms with van der Waals surface area (Å²) in [6.45, 7) is 2.32. The van der Waals surface area contributed by atoms with Crippen LogP contribution >= 0.6 is 0 Å². The first kappa shape index (κ1) is 14.9. The second kappa shape index (κ2) is 6.79. The number of rotatable bonds is 6. The summed E-state index contributed by atoms with van der Waals surface area (Å²) in [5.74, 6) is 0.0612. The molecule has 1 N–H and O–H groups in total. The summed E-state index contributed by atoms with van der Waals surface area (Å²) >= 11 is 0. The van der Waals surface area contributed by atoms with Crippen LogP contribution in [0.4, 0.5) is 0 Å². The van der Waals surface area contributed by atoms with E-state index in [2.05, 4.69) is 0 Å². The summed E-state index contributed by atoms with van der Waals surface area (Å²) in [4.78, 5) is 11.0.